The quantitative estimate of drug-likeness (QED) is 0.648. The minimum Gasteiger partial charge on any atom is -0.481 e. The van der Waals surface area contributed by atoms with Crippen molar-refractivity contribution in [3.63, 3.8) is 0 Å². The topological polar surface area (TPSA) is 98.7 Å². The number of carboxylic acid groups (broad SMARTS) is 1. The van der Waals surface area contributed by atoms with E-state index < -0.39 is 11.9 Å². The highest BCUT2D eigenvalue weighted by Crippen LogP contribution is 2.23. The first kappa shape index (κ1) is 13.6. The molecule has 1 saturated carbocycles. The fourth-order valence-corrected chi connectivity index (χ4v) is 2.23. The number of likely N-dealkylation sites (tertiary alicyclic amines) is 1. The van der Waals surface area contributed by atoms with Crippen molar-refractivity contribution >= 4 is 17.9 Å². The third-order valence-corrected chi connectivity index (χ3v) is 3.56. The van der Waals surface area contributed by atoms with Crippen molar-refractivity contribution in [1.29, 1.82) is 0 Å². The Labute approximate surface area is 111 Å². The molecule has 1 heterocycles. The zero-order valence-corrected chi connectivity index (χ0v) is 10.9. The van der Waals surface area contributed by atoms with E-state index in [0.29, 0.717) is 6.54 Å². The molecule has 2 fully saturated rings. The summed E-state index contributed by atoms with van der Waals surface area (Å²) < 4.78 is 0. The third kappa shape index (κ3) is 3.59. The first-order valence-electron chi connectivity index (χ1n) is 6.52. The molecule has 0 unspecified atom stereocenters. The smallest absolute Gasteiger partial charge is 0.317 e. The van der Waals surface area contributed by atoms with Gasteiger partial charge < -0.3 is 20.6 Å². The fraction of sp³-hybridized carbons (Fsp3) is 0.750. The van der Waals surface area contributed by atoms with Crippen molar-refractivity contribution in [3.8, 4) is 0 Å². The number of carbonyl (C=O) groups excluding carboxylic acids is 2. The zero-order chi connectivity index (χ0) is 14.0. The number of carboxylic acids is 1. The van der Waals surface area contributed by atoms with Gasteiger partial charge in [0.2, 0.25) is 5.91 Å². The number of nitrogens with one attached hydrogen (secondary N) is 2. The van der Waals surface area contributed by atoms with Gasteiger partial charge in [-0.15, -0.1) is 0 Å². The molecule has 1 saturated heterocycles. The number of hydrogen-bond donors (Lipinski definition) is 3. The normalized spacial score (nSPS) is 26.1. The highest BCUT2D eigenvalue weighted by atomic mass is 16.4. The summed E-state index contributed by atoms with van der Waals surface area (Å²) in [4.78, 5) is 35.6. The Morgan fingerprint density at radius 2 is 1.95 bits per heavy atom. The molecule has 0 radical (unpaired) electrons. The number of nitrogens with zero attached hydrogens (tertiary/aromatic N) is 1. The van der Waals surface area contributed by atoms with Crippen LogP contribution in [0.3, 0.4) is 0 Å². The summed E-state index contributed by atoms with van der Waals surface area (Å²) >= 11 is 0. The Hall–Kier alpha value is -1.79. The van der Waals surface area contributed by atoms with Crippen LogP contribution >= 0.6 is 0 Å². The predicted octanol–water partition coefficient (Wildman–Crippen LogP) is -0.373. The van der Waals surface area contributed by atoms with E-state index in [1.165, 1.54) is 4.90 Å². The van der Waals surface area contributed by atoms with E-state index in [1.54, 1.807) is 0 Å². The average Bonchev–Trinajstić information content (AvgIpc) is 3.06. The van der Waals surface area contributed by atoms with Crippen molar-refractivity contribution < 1.29 is 19.5 Å². The molecule has 2 rings (SSSR count). The fourth-order valence-electron chi connectivity index (χ4n) is 2.23. The zero-order valence-electron chi connectivity index (χ0n) is 10.9. The molecule has 0 spiro atoms. The Bertz CT molecular complexity index is 394. The molecule has 0 aromatic rings. The molecular formula is C12H19N3O4. The Morgan fingerprint density at radius 1 is 1.26 bits per heavy atom. The molecule has 3 amide bonds. The molecule has 0 aromatic heterocycles. The molecule has 0 aromatic carbocycles. The van der Waals surface area contributed by atoms with E-state index in [2.05, 4.69) is 10.6 Å². The van der Waals surface area contributed by atoms with Crippen LogP contribution in [-0.4, -0.2) is 53.6 Å². The van der Waals surface area contributed by atoms with Gasteiger partial charge in [-0.05, 0) is 18.8 Å². The van der Waals surface area contributed by atoms with Crippen LogP contribution in [-0.2, 0) is 9.59 Å². The number of carbonyl (C=O) groups is 3. The van der Waals surface area contributed by atoms with Crippen LogP contribution in [0.1, 0.15) is 19.8 Å². The summed E-state index contributed by atoms with van der Waals surface area (Å²) in [6, 6.07) is -0.103. The van der Waals surface area contributed by atoms with Gasteiger partial charge in [0, 0.05) is 19.1 Å². The molecular weight excluding hydrogens is 250 g/mol. The predicted molar refractivity (Wildman–Crippen MR) is 66.4 cm³/mol. The van der Waals surface area contributed by atoms with Crippen molar-refractivity contribution in [2.45, 2.75) is 25.8 Å². The van der Waals surface area contributed by atoms with E-state index in [-0.39, 0.29) is 37.0 Å². The number of hydrogen-bond acceptors (Lipinski definition) is 3. The van der Waals surface area contributed by atoms with Crippen molar-refractivity contribution in [2.24, 2.45) is 11.8 Å². The van der Waals surface area contributed by atoms with Gasteiger partial charge in [0.1, 0.15) is 0 Å². The summed E-state index contributed by atoms with van der Waals surface area (Å²) in [5.41, 5.74) is 0. The Kier molecular flexibility index (Phi) is 3.92. The minimum atomic E-state index is -0.880. The maximum absolute atomic E-state index is 11.8. The Morgan fingerprint density at radius 3 is 2.47 bits per heavy atom. The van der Waals surface area contributed by atoms with Gasteiger partial charge in [-0.3, -0.25) is 9.59 Å². The second-order valence-electron chi connectivity index (χ2n) is 5.33. The second kappa shape index (κ2) is 5.46. The van der Waals surface area contributed by atoms with Gasteiger partial charge in [0.15, 0.2) is 0 Å². The molecule has 1 aliphatic heterocycles. The summed E-state index contributed by atoms with van der Waals surface area (Å²) in [6.07, 6.45) is 2.01. The maximum atomic E-state index is 11.8. The van der Waals surface area contributed by atoms with E-state index in [4.69, 9.17) is 5.11 Å². The second-order valence-corrected chi connectivity index (χ2v) is 5.33. The monoisotopic (exact) mass is 269 g/mol. The molecule has 3 N–H and O–H groups in total. The lowest BCUT2D eigenvalue weighted by atomic mass is 9.99. The molecule has 2 aliphatic rings. The standard InChI is InChI=1S/C12H19N3O4/c1-7-5-15(6-9(7)11(17)18)12(19)13-4-10(16)14-8-2-3-8/h7-9H,2-6H2,1H3,(H,13,19)(H,14,16)(H,17,18)/t7-,9-/m1/s1. The van der Waals surface area contributed by atoms with Gasteiger partial charge in [0.05, 0.1) is 12.5 Å². The van der Waals surface area contributed by atoms with Gasteiger partial charge in [-0.1, -0.05) is 6.92 Å². The first-order valence-corrected chi connectivity index (χ1v) is 6.52. The minimum absolute atomic E-state index is 0.0576. The van der Waals surface area contributed by atoms with Crippen LogP contribution < -0.4 is 10.6 Å². The lowest BCUT2D eigenvalue weighted by Crippen LogP contribution is -2.44. The number of urea groups is 1. The van der Waals surface area contributed by atoms with E-state index >= 15 is 0 Å². The number of rotatable bonds is 4. The van der Waals surface area contributed by atoms with E-state index in [0.717, 1.165) is 12.8 Å². The lowest BCUT2D eigenvalue weighted by molar-refractivity contribution is -0.142. The summed E-state index contributed by atoms with van der Waals surface area (Å²) in [6.45, 7) is 2.36. The van der Waals surface area contributed by atoms with Crippen molar-refractivity contribution in [1.82, 2.24) is 15.5 Å². The largest absolute Gasteiger partial charge is 0.481 e. The summed E-state index contributed by atoms with van der Waals surface area (Å²) in [5, 5.41) is 14.3. The van der Waals surface area contributed by atoms with Gasteiger partial charge in [0.25, 0.3) is 0 Å². The first-order chi connectivity index (χ1) is 8.97. The molecule has 19 heavy (non-hydrogen) atoms. The van der Waals surface area contributed by atoms with Crippen LogP contribution in [0.5, 0.6) is 0 Å². The van der Waals surface area contributed by atoms with Gasteiger partial charge >= 0.3 is 12.0 Å². The molecule has 0 bridgehead atoms. The highest BCUT2D eigenvalue weighted by Gasteiger charge is 2.37. The highest BCUT2D eigenvalue weighted by molar-refractivity contribution is 5.84. The van der Waals surface area contributed by atoms with E-state index in [9.17, 15) is 14.4 Å². The van der Waals surface area contributed by atoms with Crippen LogP contribution in [0, 0.1) is 11.8 Å². The maximum Gasteiger partial charge on any atom is 0.317 e. The van der Waals surface area contributed by atoms with Gasteiger partial charge in [-0.25, -0.2) is 4.79 Å². The molecule has 7 nitrogen and oxygen atoms in total. The summed E-state index contributed by atoms with van der Waals surface area (Å²) in [5.74, 6) is -1.67. The van der Waals surface area contributed by atoms with Crippen molar-refractivity contribution in [3.05, 3.63) is 0 Å². The van der Waals surface area contributed by atoms with Crippen LogP contribution in [0.25, 0.3) is 0 Å². The van der Waals surface area contributed by atoms with Crippen LogP contribution in [0.15, 0.2) is 0 Å². The van der Waals surface area contributed by atoms with Crippen LogP contribution in [0.2, 0.25) is 0 Å². The molecule has 1 aliphatic carbocycles. The molecule has 7 heteroatoms. The molecule has 106 valence electrons. The summed E-state index contributed by atoms with van der Waals surface area (Å²) in [7, 11) is 0. The van der Waals surface area contributed by atoms with Crippen LogP contribution in [0.4, 0.5) is 4.79 Å². The number of aliphatic carboxylic acids is 1. The SMILES string of the molecule is C[C@@H]1CN(C(=O)NCC(=O)NC2CC2)C[C@H]1C(=O)O. The van der Waals surface area contributed by atoms with Crippen molar-refractivity contribution in [2.75, 3.05) is 19.6 Å². The number of amides is 3. The third-order valence-electron chi connectivity index (χ3n) is 3.56. The molecule has 2 atom stereocenters. The van der Waals surface area contributed by atoms with Gasteiger partial charge in [-0.2, -0.15) is 0 Å². The average molecular weight is 269 g/mol. The lowest BCUT2D eigenvalue weighted by Gasteiger charge is -2.16. The Balaban J connectivity index is 1.74. The van der Waals surface area contributed by atoms with E-state index in [1.807, 2.05) is 6.92 Å².